The fourth-order valence-electron chi connectivity index (χ4n) is 2.13. The van der Waals surface area contributed by atoms with Crippen LogP contribution in [0.25, 0.3) is 0 Å². The van der Waals surface area contributed by atoms with Crippen molar-refractivity contribution in [3.05, 3.63) is 24.3 Å². The molecule has 0 aliphatic carbocycles. The average Bonchev–Trinajstić information content (AvgIpc) is 2.41. The Labute approximate surface area is 119 Å². The molecule has 2 N–H and O–H groups in total. The van der Waals surface area contributed by atoms with Crippen LogP contribution in [-0.2, 0) is 9.59 Å². The summed E-state index contributed by atoms with van der Waals surface area (Å²) in [7, 11) is 0. The van der Waals surface area contributed by atoms with Crippen molar-refractivity contribution in [1.82, 2.24) is 5.32 Å². The van der Waals surface area contributed by atoms with Gasteiger partial charge in [0.25, 0.3) is 0 Å². The summed E-state index contributed by atoms with van der Waals surface area (Å²) in [6.07, 6.45) is 0.942. The van der Waals surface area contributed by atoms with Gasteiger partial charge in [-0.25, -0.2) is 0 Å². The Kier molecular flexibility index (Phi) is 4.61. The van der Waals surface area contributed by atoms with Gasteiger partial charge < -0.3 is 10.6 Å². The van der Waals surface area contributed by atoms with Crippen LogP contribution in [0.4, 0.5) is 11.4 Å². The SMILES string of the molecule is CC(C)CCNC(=O)CN1C(=O)CNc2ccccc21. The molecule has 0 bridgehead atoms. The van der Waals surface area contributed by atoms with Crippen LogP contribution in [0.5, 0.6) is 0 Å². The van der Waals surface area contributed by atoms with Crippen LogP contribution in [-0.4, -0.2) is 31.4 Å². The molecule has 2 rings (SSSR count). The topological polar surface area (TPSA) is 61.4 Å². The van der Waals surface area contributed by atoms with Crippen LogP contribution >= 0.6 is 0 Å². The summed E-state index contributed by atoms with van der Waals surface area (Å²) in [5, 5.41) is 5.91. The van der Waals surface area contributed by atoms with Gasteiger partial charge in [0, 0.05) is 6.54 Å². The highest BCUT2D eigenvalue weighted by Crippen LogP contribution is 2.28. The fourth-order valence-corrected chi connectivity index (χ4v) is 2.13. The second-order valence-electron chi connectivity index (χ2n) is 5.38. The first-order valence-corrected chi connectivity index (χ1v) is 6.98. The molecule has 0 saturated heterocycles. The van der Waals surface area contributed by atoms with Crippen LogP contribution in [0.2, 0.25) is 0 Å². The lowest BCUT2D eigenvalue weighted by Crippen LogP contribution is -2.46. The van der Waals surface area contributed by atoms with Gasteiger partial charge in [0.05, 0.1) is 17.9 Å². The molecule has 108 valence electrons. The molecular formula is C15H21N3O2. The number of hydrogen-bond donors (Lipinski definition) is 2. The minimum Gasteiger partial charge on any atom is -0.374 e. The van der Waals surface area contributed by atoms with E-state index in [1.807, 2.05) is 24.3 Å². The van der Waals surface area contributed by atoms with Crippen LogP contribution < -0.4 is 15.5 Å². The number of nitrogens with one attached hydrogen (secondary N) is 2. The minimum absolute atomic E-state index is 0.0790. The van der Waals surface area contributed by atoms with Crippen molar-refractivity contribution >= 4 is 23.2 Å². The van der Waals surface area contributed by atoms with Crippen LogP contribution in [0.1, 0.15) is 20.3 Å². The van der Waals surface area contributed by atoms with Crippen molar-refractivity contribution < 1.29 is 9.59 Å². The number of para-hydroxylation sites is 2. The third-order valence-corrected chi connectivity index (χ3v) is 3.27. The van der Waals surface area contributed by atoms with Gasteiger partial charge in [-0.2, -0.15) is 0 Å². The van der Waals surface area contributed by atoms with E-state index in [0.717, 1.165) is 17.8 Å². The lowest BCUT2D eigenvalue weighted by Gasteiger charge is -2.29. The van der Waals surface area contributed by atoms with Gasteiger partial charge in [-0.05, 0) is 24.5 Å². The number of amides is 2. The predicted octanol–water partition coefficient (Wildman–Crippen LogP) is 1.61. The van der Waals surface area contributed by atoms with E-state index in [1.54, 1.807) is 0 Å². The summed E-state index contributed by atoms with van der Waals surface area (Å²) in [6.45, 7) is 5.19. The molecule has 1 aliphatic heterocycles. The van der Waals surface area contributed by atoms with E-state index in [4.69, 9.17) is 0 Å². The maximum absolute atomic E-state index is 12.0. The van der Waals surface area contributed by atoms with Crippen LogP contribution in [0, 0.1) is 5.92 Å². The molecule has 5 heteroatoms. The zero-order valence-corrected chi connectivity index (χ0v) is 12.0. The first-order chi connectivity index (χ1) is 9.58. The van der Waals surface area contributed by atoms with E-state index in [2.05, 4.69) is 24.5 Å². The Hall–Kier alpha value is -2.04. The summed E-state index contributed by atoms with van der Waals surface area (Å²) < 4.78 is 0. The first-order valence-electron chi connectivity index (χ1n) is 6.98. The number of fused-ring (bicyclic) bond motifs is 1. The molecule has 0 fully saturated rings. The van der Waals surface area contributed by atoms with Gasteiger partial charge in [0.2, 0.25) is 11.8 Å². The standard InChI is InChI=1S/C15H21N3O2/c1-11(2)7-8-16-14(19)10-18-13-6-4-3-5-12(13)17-9-15(18)20/h3-6,11,17H,7-10H2,1-2H3,(H,16,19). The van der Waals surface area contributed by atoms with Crippen LogP contribution in [0.3, 0.4) is 0 Å². The molecule has 2 amide bonds. The van der Waals surface area contributed by atoms with Crippen molar-refractivity contribution in [2.24, 2.45) is 5.92 Å². The van der Waals surface area contributed by atoms with E-state index in [-0.39, 0.29) is 24.9 Å². The molecular weight excluding hydrogens is 254 g/mol. The van der Waals surface area contributed by atoms with Gasteiger partial charge >= 0.3 is 0 Å². The second kappa shape index (κ2) is 6.41. The number of benzene rings is 1. The highest BCUT2D eigenvalue weighted by molar-refractivity contribution is 6.05. The molecule has 0 unspecified atom stereocenters. The molecule has 0 atom stereocenters. The largest absolute Gasteiger partial charge is 0.374 e. The van der Waals surface area contributed by atoms with Gasteiger partial charge in [0.15, 0.2) is 0 Å². The molecule has 0 spiro atoms. The van der Waals surface area contributed by atoms with E-state index in [0.29, 0.717) is 12.5 Å². The molecule has 20 heavy (non-hydrogen) atoms. The van der Waals surface area contributed by atoms with Crippen molar-refractivity contribution in [3.8, 4) is 0 Å². The maximum atomic E-state index is 12.0. The Morgan fingerprint density at radius 3 is 2.90 bits per heavy atom. The number of anilines is 2. The Bertz CT molecular complexity index is 500. The molecule has 1 heterocycles. The maximum Gasteiger partial charge on any atom is 0.246 e. The summed E-state index contributed by atoms with van der Waals surface area (Å²) >= 11 is 0. The molecule has 1 aromatic carbocycles. The van der Waals surface area contributed by atoms with Gasteiger partial charge in [0.1, 0.15) is 6.54 Å². The molecule has 1 aliphatic rings. The molecule has 0 aromatic heterocycles. The summed E-state index contributed by atoms with van der Waals surface area (Å²) in [5.74, 6) is 0.357. The average molecular weight is 275 g/mol. The van der Waals surface area contributed by atoms with Crippen molar-refractivity contribution in [1.29, 1.82) is 0 Å². The second-order valence-corrected chi connectivity index (χ2v) is 5.38. The smallest absolute Gasteiger partial charge is 0.246 e. The lowest BCUT2D eigenvalue weighted by molar-refractivity contribution is -0.123. The highest BCUT2D eigenvalue weighted by Gasteiger charge is 2.25. The minimum atomic E-state index is -0.115. The van der Waals surface area contributed by atoms with E-state index in [9.17, 15) is 9.59 Å². The van der Waals surface area contributed by atoms with Gasteiger partial charge in [-0.15, -0.1) is 0 Å². The Morgan fingerprint density at radius 2 is 2.15 bits per heavy atom. The number of hydrogen-bond acceptors (Lipinski definition) is 3. The number of nitrogens with zero attached hydrogens (tertiary/aromatic N) is 1. The fraction of sp³-hybridized carbons (Fsp3) is 0.467. The normalized spacial score (nSPS) is 13.9. The molecule has 0 saturated carbocycles. The molecule has 5 nitrogen and oxygen atoms in total. The lowest BCUT2D eigenvalue weighted by atomic mass is 10.1. The number of carbonyl (C=O) groups is 2. The van der Waals surface area contributed by atoms with Crippen molar-refractivity contribution in [2.75, 3.05) is 29.9 Å². The molecule has 0 radical (unpaired) electrons. The van der Waals surface area contributed by atoms with E-state index in [1.165, 1.54) is 4.90 Å². The monoisotopic (exact) mass is 275 g/mol. The Balaban J connectivity index is 1.98. The van der Waals surface area contributed by atoms with Crippen molar-refractivity contribution in [2.45, 2.75) is 20.3 Å². The van der Waals surface area contributed by atoms with Gasteiger partial charge in [-0.3, -0.25) is 14.5 Å². The summed E-state index contributed by atoms with van der Waals surface area (Å²) in [6, 6.07) is 7.53. The summed E-state index contributed by atoms with van der Waals surface area (Å²) in [4.78, 5) is 25.4. The zero-order chi connectivity index (χ0) is 14.5. The third kappa shape index (κ3) is 3.50. The van der Waals surface area contributed by atoms with Gasteiger partial charge in [-0.1, -0.05) is 26.0 Å². The number of carbonyl (C=O) groups excluding carboxylic acids is 2. The van der Waals surface area contributed by atoms with Crippen LogP contribution in [0.15, 0.2) is 24.3 Å². The zero-order valence-electron chi connectivity index (χ0n) is 12.0. The Morgan fingerprint density at radius 1 is 1.40 bits per heavy atom. The first kappa shape index (κ1) is 14.4. The predicted molar refractivity (Wildman–Crippen MR) is 79.7 cm³/mol. The quantitative estimate of drug-likeness (QED) is 0.858. The number of rotatable bonds is 5. The highest BCUT2D eigenvalue weighted by atomic mass is 16.2. The molecule has 1 aromatic rings. The van der Waals surface area contributed by atoms with Crippen molar-refractivity contribution in [3.63, 3.8) is 0 Å². The van der Waals surface area contributed by atoms with E-state index >= 15 is 0 Å². The third-order valence-electron chi connectivity index (χ3n) is 3.27. The van der Waals surface area contributed by atoms with E-state index < -0.39 is 0 Å². The summed E-state index contributed by atoms with van der Waals surface area (Å²) in [5.41, 5.74) is 1.66.